The number of benzene rings is 1. The molecule has 0 bridgehead atoms. The van der Waals surface area contributed by atoms with E-state index in [0.29, 0.717) is 0 Å². The average molecular weight is 344 g/mol. The number of esters is 1. The number of carboxylic acid groups (broad SMARTS) is 1. The molecule has 0 radical (unpaired) electrons. The van der Waals surface area contributed by atoms with Crippen molar-refractivity contribution in [1.82, 2.24) is 0 Å². The van der Waals surface area contributed by atoms with Crippen molar-refractivity contribution in [2.45, 2.75) is 36.8 Å². The molecular formula is C14H16O10. The van der Waals surface area contributed by atoms with Crippen LogP contribution in [-0.4, -0.2) is 71.6 Å². The molecule has 2 rings (SSSR count). The van der Waals surface area contributed by atoms with Crippen LogP contribution < -0.4 is 0 Å². The number of phenolic OH excluding ortho intramolecular Hbond substituents is 3. The van der Waals surface area contributed by atoms with Crippen molar-refractivity contribution in [2.24, 2.45) is 0 Å². The smallest absolute Gasteiger partial charge is 0.338 e. The summed E-state index contributed by atoms with van der Waals surface area (Å²) in [7, 11) is 0. The number of aliphatic carboxylic acids is 1. The maximum Gasteiger partial charge on any atom is 0.338 e. The summed E-state index contributed by atoms with van der Waals surface area (Å²) >= 11 is 0. The maximum absolute atomic E-state index is 12.0. The summed E-state index contributed by atoms with van der Waals surface area (Å²) in [5, 5.41) is 66.4. The molecule has 1 aromatic rings. The van der Waals surface area contributed by atoms with Crippen molar-refractivity contribution >= 4 is 11.9 Å². The molecule has 24 heavy (non-hydrogen) atoms. The van der Waals surface area contributed by atoms with Gasteiger partial charge in [-0.3, -0.25) is 0 Å². The van der Waals surface area contributed by atoms with Gasteiger partial charge in [-0.2, -0.15) is 0 Å². The van der Waals surface area contributed by atoms with E-state index >= 15 is 0 Å². The van der Waals surface area contributed by atoms with Gasteiger partial charge in [0.05, 0.1) is 11.7 Å². The third kappa shape index (κ3) is 3.20. The molecule has 1 aliphatic carbocycles. The van der Waals surface area contributed by atoms with Gasteiger partial charge in [0.1, 0.15) is 12.2 Å². The predicted molar refractivity (Wildman–Crippen MR) is 74.5 cm³/mol. The molecule has 0 aromatic heterocycles. The number of aliphatic hydroxyl groups is 3. The van der Waals surface area contributed by atoms with E-state index in [1.165, 1.54) is 0 Å². The van der Waals surface area contributed by atoms with E-state index in [1.54, 1.807) is 0 Å². The van der Waals surface area contributed by atoms with Crippen molar-refractivity contribution < 1.29 is 50.1 Å². The minimum Gasteiger partial charge on any atom is -0.504 e. The first kappa shape index (κ1) is 17.8. The largest absolute Gasteiger partial charge is 0.504 e. The standard InChI is InChI=1S/C14H16O10/c15-6-1-5(2-7(16)10(6)18)12(20)24-9-4-14(23,13(21)22)3-8(17)11(9)19/h1-2,8-9,11,15-19,23H,3-4H2,(H,21,22)/t8-,9-,11+,14-/m1/s1. The number of aromatic hydroxyl groups is 3. The molecular weight excluding hydrogens is 328 g/mol. The predicted octanol–water partition coefficient (Wildman–Crippen LogP) is -1.34. The Morgan fingerprint density at radius 2 is 1.62 bits per heavy atom. The monoisotopic (exact) mass is 344 g/mol. The second kappa shape index (κ2) is 6.15. The number of rotatable bonds is 3. The van der Waals surface area contributed by atoms with E-state index in [1.807, 2.05) is 0 Å². The minimum absolute atomic E-state index is 0.395. The molecule has 1 fully saturated rings. The number of carbonyl (C=O) groups is 2. The third-order valence-corrected chi connectivity index (χ3v) is 3.82. The van der Waals surface area contributed by atoms with Crippen molar-refractivity contribution in [1.29, 1.82) is 0 Å². The van der Waals surface area contributed by atoms with Gasteiger partial charge in [0.2, 0.25) is 0 Å². The van der Waals surface area contributed by atoms with Gasteiger partial charge in [0.25, 0.3) is 0 Å². The van der Waals surface area contributed by atoms with Gasteiger partial charge < -0.3 is 40.5 Å². The fourth-order valence-corrected chi connectivity index (χ4v) is 2.46. The third-order valence-electron chi connectivity index (χ3n) is 3.82. The number of carboxylic acids is 1. The molecule has 0 unspecified atom stereocenters. The van der Waals surface area contributed by atoms with Crippen LogP contribution in [0.2, 0.25) is 0 Å². The molecule has 1 aliphatic rings. The quantitative estimate of drug-likeness (QED) is 0.256. The first-order chi connectivity index (χ1) is 11.0. The van der Waals surface area contributed by atoms with E-state index in [-0.39, 0.29) is 0 Å². The van der Waals surface area contributed by atoms with Crippen LogP contribution in [0.1, 0.15) is 23.2 Å². The molecule has 7 N–H and O–H groups in total. The highest BCUT2D eigenvalue weighted by Crippen LogP contribution is 2.36. The zero-order valence-corrected chi connectivity index (χ0v) is 12.2. The lowest BCUT2D eigenvalue weighted by Gasteiger charge is -2.39. The minimum atomic E-state index is -2.39. The van der Waals surface area contributed by atoms with E-state index in [4.69, 9.17) is 9.84 Å². The van der Waals surface area contributed by atoms with Gasteiger partial charge in [0, 0.05) is 12.8 Å². The molecule has 1 saturated carbocycles. The lowest BCUT2D eigenvalue weighted by atomic mass is 9.79. The number of phenols is 3. The number of hydrogen-bond acceptors (Lipinski definition) is 9. The molecule has 0 heterocycles. The zero-order chi connectivity index (χ0) is 18.2. The van der Waals surface area contributed by atoms with Crippen LogP contribution in [0.15, 0.2) is 12.1 Å². The summed E-state index contributed by atoms with van der Waals surface area (Å²) < 4.78 is 4.88. The molecule has 132 valence electrons. The van der Waals surface area contributed by atoms with Crippen LogP contribution in [-0.2, 0) is 9.53 Å². The molecule has 1 aromatic carbocycles. The van der Waals surface area contributed by atoms with Crippen molar-refractivity contribution in [3.8, 4) is 17.2 Å². The Hall–Kier alpha value is -2.56. The molecule has 4 atom stereocenters. The summed E-state index contributed by atoms with van der Waals surface area (Å²) in [6.45, 7) is 0. The van der Waals surface area contributed by atoms with Crippen LogP contribution in [0.4, 0.5) is 0 Å². The van der Waals surface area contributed by atoms with Crippen LogP contribution >= 0.6 is 0 Å². The number of ether oxygens (including phenoxy) is 1. The highest BCUT2D eigenvalue weighted by molar-refractivity contribution is 5.91. The fraction of sp³-hybridized carbons (Fsp3) is 0.429. The normalized spacial score (nSPS) is 29.9. The lowest BCUT2D eigenvalue weighted by molar-refractivity contribution is -0.187. The Morgan fingerprint density at radius 3 is 2.12 bits per heavy atom. The Labute approximate surface area is 134 Å². The highest BCUT2D eigenvalue weighted by atomic mass is 16.6. The van der Waals surface area contributed by atoms with E-state index in [2.05, 4.69) is 0 Å². The van der Waals surface area contributed by atoms with Gasteiger partial charge >= 0.3 is 11.9 Å². The molecule has 10 heteroatoms. The molecule has 0 aliphatic heterocycles. The molecule has 0 amide bonds. The number of aliphatic hydroxyl groups excluding tert-OH is 2. The molecule has 10 nitrogen and oxygen atoms in total. The fourth-order valence-electron chi connectivity index (χ4n) is 2.46. The first-order valence-corrected chi connectivity index (χ1v) is 6.83. The number of carbonyl (C=O) groups excluding carboxylic acids is 1. The maximum atomic E-state index is 12.0. The van der Waals surface area contributed by atoms with E-state index in [9.17, 15) is 40.2 Å². The first-order valence-electron chi connectivity index (χ1n) is 6.83. The van der Waals surface area contributed by atoms with Gasteiger partial charge in [-0.15, -0.1) is 0 Å². The lowest BCUT2D eigenvalue weighted by Crippen LogP contribution is -2.57. The van der Waals surface area contributed by atoms with Crippen LogP contribution in [0.3, 0.4) is 0 Å². The summed E-state index contributed by atoms with van der Waals surface area (Å²) in [6, 6.07) is 1.57. The van der Waals surface area contributed by atoms with Crippen LogP contribution in [0.25, 0.3) is 0 Å². The van der Waals surface area contributed by atoms with Crippen molar-refractivity contribution in [3.63, 3.8) is 0 Å². The van der Waals surface area contributed by atoms with Crippen LogP contribution in [0, 0.1) is 0 Å². The SMILES string of the molecule is O=C(O[C@@H]1C[C@@](O)(C(=O)O)C[C@@H](O)[C@@H]1O)c1cc(O)c(O)c(O)c1. The van der Waals surface area contributed by atoms with Crippen molar-refractivity contribution in [3.05, 3.63) is 17.7 Å². The summed E-state index contributed by atoms with van der Waals surface area (Å²) in [5.74, 6) is -5.26. The summed E-state index contributed by atoms with van der Waals surface area (Å²) in [4.78, 5) is 23.1. The van der Waals surface area contributed by atoms with Crippen molar-refractivity contribution in [2.75, 3.05) is 0 Å². The second-order valence-corrected chi connectivity index (χ2v) is 5.61. The Morgan fingerprint density at radius 1 is 1.08 bits per heavy atom. The molecule has 0 saturated heterocycles. The van der Waals surface area contributed by atoms with Gasteiger partial charge in [-0.05, 0) is 12.1 Å². The average Bonchev–Trinajstić information content (AvgIpc) is 2.49. The van der Waals surface area contributed by atoms with E-state index in [0.717, 1.165) is 12.1 Å². The van der Waals surface area contributed by atoms with Gasteiger partial charge in [-0.25, -0.2) is 9.59 Å². The second-order valence-electron chi connectivity index (χ2n) is 5.61. The Bertz CT molecular complexity index is 649. The molecule has 0 spiro atoms. The van der Waals surface area contributed by atoms with E-state index < -0.39 is 71.5 Å². The van der Waals surface area contributed by atoms with Gasteiger partial charge in [0.15, 0.2) is 22.8 Å². The highest BCUT2D eigenvalue weighted by Gasteiger charge is 2.50. The summed E-state index contributed by atoms with van der Waals surface area (Å²) in [5.41, 5.74) is -2.78. The Balaban J connectivity index is 2.22. The zero-order valence-electron chi connectivity index (χ0n) is 12.2. The van der Waals surface area contributed by atoms with Gasteiger partial charge in [-0.1, -0.05) is 0 Å². The van der Waals surface area contributed by atoms with Crippen LogP contribution in [0.5, 0.6) is 17.2 Å². The number of hydrogen-bond donors (Lipinski definition) is 7. The topological polar surface area (TPSA) is 185 Å². The summed E-state index contributed by atoms with van der Waals surface area (Å²) in [6.07, 6.45) is -6.12. The Kier molecular flexibility index (Phi) is 4.56.